The van der Waals surface area contributed by atoms with Gasteiger partial charge in [0.2, 0.25) is 5.91 Å². The number of ether oxygens (including phenoxy) is 3. The number of esters is 1. The van der Waals surface area contributed by atoms with E-state index in [1.807, 2.05) is 0 Å². The number of anilines is 2. The maximum absolute atomic E-state index is 13.0. The minimum absolute atomic E-state index is 0.0119. The van der Waals surface area contributed by atoms with Gasteiger partial charge in [0.15, 0.2) is 0 Å². The molecule has 0 radical (unpaired) electrons. The highest BCUT2D eigenvalue weighted by Crippen LogP contribution is 2.57. The third-order valence-electron chi connectivity index (χ3n) is 6.83. The summed E-state index contributed by atoms with van der Waals surface area (Å²) in [7, 11) is 3.06. The summed E-state index contributed by atoms with van der Waals surface area (Å²) < 4.78 is 15.9. The lowest BCUT2D eigenvalue weighted by Gasteiger charge is -2.23. The van der Waals surface area contributed by atoms with E-state index in [-0.39, 0.29) is 47.6 Å². The highest BCUT2D eigenvalue weighted by atomic mass is 16.6. The van der Waals surface area contributed by atoms with Crippen LogP contribution in [-0.2, 0) is 14.3 Å². The van der Waals surface area contributed by atoms with E-state index in [0.29, 0.717) is 28.4 Å². The molecule has 8 heteroatoms. The molecule has 1 saturated heterocycles. The lowest BCUT2D eigenvalue weighted by molar-refractivity contribution is -0.145. The molecule has 2 aromatic carbocycles. The van der Waals surface area contributed by atoms with Crippen molar-refractivity contribution in [2.75, 3.05) is 24.9 Å². The van der Waals surface area contributed by atoms with Crippen molar-refractivity contribution in [1.29, 1.82) is 0 Å². The summed E-state index contributed by atoms with van der Waals surface area (Å²) in [6.07, 6.45) is 1.61. The van der Waals surface area contributed by atoms with Crippen LogP contribution in [0.1, 0.15) is 23.2 Å². The monoisotopic (exact) mass is 436 g/mol. The minimum Gasteiger partial charge on any atom is -0.497 e. The van der Waals surface area contributed by atoms with Gasteiger partial charge in [-0.2, -0.15) is 0 Å². The largest absolute Gasteiger partial charge is 0.497 e. The van der Waals surface area contributed by atoms with E-state index < -0.39 is 0 Å². The Kier molecular flexibility index (Phi) is 5.00. The molecule has 1 heterocycles. The van der Waals surface area contributed by atoms with Crippen LogP contribution < -0.4 is 20.1 Å². The van der Waals surface area contributed by atoms with Gasteiger partial charge in [-0.3, -0.25) is 14.4 Å². The van der Waals surface area contributed by atoms with Gasteiger partial charge >= 0.3 is 5.97 Å². The zero-order valence-electron chi connectivity index (χ0n) is 17.8. The summed E-state index contributed by atoms with van der Waals surface area (Å²) in [4.78, 5) is 38.1. The lowest BCUT2D eigenvalue weighted by Crippen LogP contribution is -2.35. The Morgan fingerprint density at radius 3 is 2.66 bits per heavy atom. The maximum atomic E-state index is 13.0. The van der Waals surface area contributed by atoms with E-state index in [4.69, 9.17) is 14.2 Å². The second-order valence-electron chi connectivity index (χ2n) is 8.51. The van der Waals surface area contributed by atoms with E-state index in [2.05, 4.69) is 10.6 Å². The van der Waals surface area contributed by atoms with Gasteiger partial charge in [-0.15, -0.1) is 0 Å². The van der Waals surface area contributed by atoms with Crippen molar-refractivity contribution >= 4 is 29.2 Å². The summed E-state index contributed by atoms with van der Waals surface area (Å²) in [6.45, 7) is 0. The normalized spacial score (nSPS) is 27.1. The first-order valence-corrected chi connectivity index (χ1v) is 10.6. The predicted octanol–water partition coefficient (Wildman–Crippen LogP) is 3.09. The predicted molar refractivity (Wildman–Crippen MR) is 116 cm³/mol. The van der Waals surface area contributed by atoms with E-state index in [1.165, 1.54) is 7.11 Å². The van der Waals surface area contributed by atoms with Crippen LogP contribution >= 0.6 is 0 Å². The van der Waals surface area contributed by atoms with Crippen molar-refractivity contribution in [3.8, 4) is 11.5 Å². The first kappa shape index (κ1) is 20.4. The van der Waals surface area contributed by atoms with Crippen molar-refractivity contribution in [2.24, 2.45) is 23.7 Å². The number of amides is 2. The van der Waals surface area contributed by atoms with Gasteiger partial charge in [-0.25, -0.2) is 0 Å². The molecule has 1 aliphatic heterocycles. The number of benzene rings is 2. The molecule has 3 fully saturated rings. The maximum Gasteiger partial charge on any atom is 0.310 e. The molecule has 3 aliphatic rings. The quantitative estimate of drug-likeness (QED) is 0.675. The fourth-order valence-electron chi connectivity index (χ4n) is 5.43. The molecule has 0 spiro atoms. The van der Waals surface area contributed by atoms with E-state index in [9.17, 15) is 14.4 Å². The molecule has 0 aromatic heterocycles. The van der Waals surface area contributed by atoms with Gasteiger partial charge < -0.3 is 24.8 Å². The fraction of sp³-hybridized carbons (Fsp3) is 0.375. The van der Waals surface area contributed by atoms with Crippen molar-refractivity contribution in [2.45, 2.75) is 18.9 Å². The second-order valence-corrected chi connectivity index (χ2v) is 8.51. The molecular weight excluding hydrogens is 412 g/mol. The average Bonchev–Trinajstić information content (AvgIpc) is 3.42. The highest BCUT2D eigenvalue weighted by molar-refractivity contribution is 6.06. The molecule has 8 nitrogen and oxygen atoms in total. The number of methoxy groups -OCH3 is 2. The average molecular weight is 436 g/mol. The van der Waals surface area contributed by atoms with Gasteiger partial charge in [-0.05, 0) is 49.1 Å². The van der Waals surface area contributed by atoms with Crippen LogP contribution in [0.2, 0.25) is 0 Å². The Labute approximate surface area is 185 Å². The second kappa shape index (κ2) is 7.85. The molecule has 2 aliphatic carbocycles. The van der Waals surface area contributed by atoms with Crippen molar-refractivity contribution < 1.29 is 28.6 Å². The molecule has 2 bridgehead atoms. The van der Waals surface area contributed by atoms with E-state index in [1.54, 1.807) is 49.6 Å². The zero-order valence-corrected chi connectivity index (χ0v) is 17.8. The highest BCUT2D eigenvalue weighted by Gasteiger charge is 2.63. The number of carbonyl (C=O) groups is 3. The number of fused-ring (bicyclic) bond motifs is 1. The number of hydrogen-bond acceptors (Lipinski definition) is 6. The summed E-state index contributed by atoms with van der Waals surface area (Å²) in [6, 6.07) is 11.8. The first-order valence-electron chi connectivity index (χ1n) is 10.6. The number of carbonyl (C=O) groups excluding carboxylic acids is 3. The summed E-state index contributed by atoms with van der Waals surface area (Å²) in [5.74, 6) is -0.0772. The standard InChI is InChI=1S/C24H24N2O6/c1-30-15-6-7-18(31-2)17(11-15)26-22(27)12-4-3-5-14(8-12)25-23(28)20-13-9-16-19(10-13)32-24(29)21(16)20/h3-8,11,13,16,19-21H,9-10H2,1-2H3,(H,25,28)(H,26,27)/t13-,16+,19-,20-,21+/m1/s1. The van der Waals surface area contributed by atoms with Crippen LogP contribution in [0.4, 0.5) is 11.4 Å². The third-order valence-corrected chi connectivity index (χ3v) is 6.83. The molecule has 32 heavy (non-hydrogen) atoms. The van der Waals surface area contributed by atoms with Crippen molar-refractivity contribution in [1.82, 2.24) is 0 Å². The Morgan fingerprint density at radius 1 is 1.03 bits per heavy atom. The lowest BCUT2D eigenvalue weighted by atomic mass is 9.79. The van der Waals surface area contributed by atoms with Crippen LogP contribution in [0, 0.1) is 23.7 Å². The summed E-state index contributed by atoms with van der Waals surface area (Å²) in [5, 5.41) is 5.72. The van der Waals surface area contributed by atoms with Gasteiger partial charge in [0.1, 0.15) is 17.6 Å². The molecule has 2 saturated carbocycles. The molecule has 5 rings (SSSR count). The third kappa shape index (κ3) is 3.36. The Morgan fingerprint density at radius 2 is 1.88 bits per heavy atom. The Bertz CT molecular complexity index is 1100. The van der Waals surface area contributed by atoms with E-state index in [0.717, 1.165) is 12.8 Å². The number of rotatable bonds is 6. The van der Waals surface area contributed by atoms with Gasteiger partial charge in [0, 0.05) is 23.2 Å². The Hall–Kier alpha value is -3.55. The molecule has 2 N–H and O–H groups in total. The number of hydrogen-bond donors (Lipinski definition) is 2. The molecule has 166 valence electrons. The van der Waals surface area contributed by atoms with Crippen LogP contribution in [0.25, 0.3) is 0 Å². The fourth-order valence-corrected chi connectivity index (χ4v) is 5.43. The smallest absolute Gasteiger partial charge is 0.310 e. The molecule has 2 amide bonds. The topological polar surface area (TPSA) is 103 Å². The minimum atomic E-state index is -0.371. The van der Waals surface area contributed by atoms with Crippen LogP contribution in [-0.4, -0.2) is 38.1 Å². The molecule has 5 atom stereocenters. The van der Waals surface area contributed by atoms with Crippen molar-refractivity contribution in [3.05, 3.63) is 48.0 Å². The van der Waals surface area contributed by atoms with Crippen molar-refractivity contribution in [3.63, 3.8) is 0 Å². The Balaban J connectivity index is 1.30. The molecular formula is C24H24N2O6. The van der Waals surface area contributed by atoms with Crippen LogP contribution in [0.15, 0.2) is 42.5 Å². The van der Waals surface area contributed by atoms with Gasteiger partial charge in [0.05, 0.1) is 31.7 Å². The zero-order chi connectivity index (χ0) is 22.4. The molecule has 0 unspecified atom stereocenters. The van der Waals surface area contributed by atoms with Gasteiger partial charge in [0.25, 0.3) is 5.91 Å². The van der Waals surface area contributed by atoms with Gasteiger partial charge in [-0.1, -0.05) is 6.07 Å². The summed E-state index contributed by atoms with van der Waals surface area (Å²) >= 11 is 0. The summed E-state index contributed by atoms with van der Waals surface area (Å²) in [5.41, 5.74) is 1.36. The van der Waals surface area contributed by atoms with Crippen LogP contribution in [0.5, 0.6) is 11.5 Å². The SMILES string of the molecule is COc1ccc(OC)c(NC(=O)c2cccc(NC(=O)[C@@H]3[C@@H]4C[C@@H]5[C@@H]3C(=O)O[C@@H]5C4)c2)c1. The number of nitrogens with one attached hydrogen (secondary N) is 2. The molecule has 2 aromatic rings. The van der Waals surface area contributed by atoms with E-state index >= 15 is 0 Å². The van der Waals surface area contributed by atoms with Crippen LogP contribution in [0.3, 0.4) is 0 Å². The first-order chi connectivity index (χ1) is 15.5.